The summed E-state index contributed by atoms with van der Waals surface area (Å²) in [6.45, 7) is 5.99. The lowest BCUT2D eigenvalue weighted by atomic mass is 9.42. The van der Waals surface area contributed by atoms with E-state index in [4.69, 9.17) is 0 Å². The Hall–Kier alpha value is -3.39. The molecule has 3 spiro atoms. The van der Waals surface area contributed by atoms with E-state index in [0.29, 0.717) is 0 Å². The van der Waals surface area contributed by atoms with Crippen molar-refractivity contribution in [1.82, 2.24) is 0 Å². The molecule has 0 radical (unpaired) electrons. The molecule has 3 saturated carbocycles. The van der Waals surface area contributed by atoms with Gasteiger partial charge in [0.2, 0.25) is 11.6 Å². The highest BCUT2D eigenvalue weighted by Crippen LogP contribution is 2.88. The highest BCUT2D eigenvalue weighted by atomic mass is 16.3. The van der Waals surface area contributed by atoms with Crippen LogP contribution in [0.1, 0.15) is 34.1 Å². The Morgan fingerprint density at radius 1 is 0.944 bits per heavy atom. The minimum Gasteiger partial charge on any atom is -0.504 e. The van der Waals surface area contributed by atoms with E-state index in [1.807, 2.05) is 0 Å². The second-order valence-electron chi connectivity index (χ2n) is 11.1. The number of carbonyl (C=O) groups is 5. The number of carbonyl (C=O) groups excluding carboxylic acids is 5. The molecule has 6 aliphatic carbocycles. The Labute approximate surface area is 206 Å². The fourth-order valence-electron chi connectivity index (χ4n) is 9.29. The van der Waals surface area contributed by atoms with E-state index in [0.717, 1.165) is 0 Å². The lowest BCUT2D eigenvalue weighted by molar-refractivity contribution is -0.161. The quantitative estimate of drug-likeness (QED) is 0.500. The molecule has 8 atom stereocenters. The lowest BCUT2D eigenvalue weighted by Gasteiger charge is -2.54. The maximum atomic E-state index is 14.4. The molecular weight excluding hydrogens is 464 g/mol. The molecule has 186 valence electrons. The van der Waals surface area contributed by atoms with Crippen molar-refractivity contribution in [2.45, 2.75) is 39.7 Å². The molecule has 0 aliphatic heterocycles. The molecule has 2 bridgehead atoms. The fraction of sp³-hybridized carbons (Fsp3) is 0.464. The summed E-state index contributed by atoms with van der Waals surface area (Å²) in [5, 5.41) is 34.1. The van der Waals surface area contributed by atoms with Gasteiger partial charge in [0, 0.05) is 40.9 Å². The van der Waals surface area contributed by atoms with Crippen LogP contribution in [0.4, 0.5) is 0 Å². The van der Waals surface area contributed by atoms with E-state index >= 15 is 0 Å². The van der Waals surface area contributed by atoms with Crippen LogP contribution in [0.3, 0.4) is 0 Å². The van der Waals surface area contributed by atoms with Gasteiger partial charge in [-0.2, -0.15) is 0 Å². The minimum absolute atomic E-state index is 0.0628. The molecule has 8 nitrogen and oxygen atoms in total. The maximum Gasteiger partial charge on any atom is 0.206 e. The number of hydrogen-bond donors (Lipinski definition) is 3. The van der Waals surface area contributed by atoms with Crippen LogP contribution in [-0.4, -0.2) is 49.8 Å². The van der Waals surface area contributed by atoms with Gasteiger partial charge in [-0.3, -0.25) is 24.0 Å². The van der Waals surface area contributed by atoms with Crippen LogP contribution in [0.25, 0.3) is 0 Å². The topological polar surface area (TPSA) is 146 Å². The van der Waals surface area contributed by atoms with E-state index in [2.05, 4.69) is 0 Å². The van der Waals surface area contributed by atoms with Crippen molar-refractivity contribution in [3.05, 3.63) is 58.6 Å². The first-order valence-corrected chi connectivity index (χ1v) is 12.1. The molecule has 0 amide bonds. The minimum atomic E-state index is -2.10. The smallest absolute Gasteiger partial charge is 0.206 e. The molecule has 0 aromatic carbocycles. The average molecular weight is 491 g/mol. The Kier molecular flexibility index (Phi) is 4.03. The Bertz CT molecular complexity index is 1420. The zero-order chi connectivity index (χ0) is 26.3. The van der Waals surface area contributed by atoms with Gasteiger partial charge in [-0.1, -0.05) is 37.3 Å². The van der Waals surface area contributed by atoms with Crippen molar-refractivity contribution in [1.29, 1.82) is 0 Å². The van der Waals surface area contributed by atoms with Gasteiger partial charge >= 0.3 is 0 Å². The second-order valence-corrected chi connectivity index (χ2v) is 11.1. The summed E-state index contributed by atoms with van der Waals surface area (Å²) >= 11 is 0. The molecule has 0 aromatic rings. The average Bonchev–Trinajstić information content (AvgIpc) is 3.31. The summed E-state index contributed by atoms with van der Waals surface area (Å²) < 4.78 is 0. The maximum absolute atomic E-state index is 14.4. The standard InChI is InChI=1S/C28H26O8/c1-5-6-7-8-26(36)14-9-15-16(29)10-25-17(18(30)11(2)19(31)23(25)34)21(26)27(13(14)4)24(35)20(32)12(3)22(33)28(15,25)27/h5-9,13-14,17,21,31-32,36H,10H2,1-4H3/b6-5+,8-7+/t13?,14-,17+,21?,25-,26-,27+,28+/m1/s1. The number of allylic oxidation sites excluding steroid dienone is 8. The van der Waals surface area contributed by atoms with Gasteiger partial charge < -0.3 is 15.3 Å². The zero-order valence-corrected chi connectivity index (χ0v) is 20.3. The predicted molar refractivity (Wildman–Crippen MR) is 124 cm³/mol. The van der Waals surface area contributed by atoms with Crippen LogP contribution in [0.2, 0.25) is 0 Å². The van der Waals surface area contributed by atoms with Gasteiger partial charge in [-0.05, 0) is 26.7 Å². The van der Waals surface area contributed by atoms with Crippen LogP contribution in [0.5, 0.6) is 0 Å². The van der Waals surface area contributed by atoms with E-state index < -0.39 is 92.4 Å². The third kappa shape index (κ3) is 1.76. The predicted octanol–water partition coefficient (Wildman–Crippen LogP) is 2.20. The number of fused-ring (bicyclic) bond motifs is 2. The van der Waals surface area contributed by atoms with Gasteiger partial charge in [0.05, 0.1) is 21.8 Å². The molecule has 8 heteroatoms. The van der Waals surface area contributed by atoms with Crippen molar-refractivity contribution in [2.24, 2.45) is 39.9 Å². The molecule has 2 unspecified atom stereocenters. The zero-order valence-electron chi connectivity index (χ0n) is 20.3. The van der Waals surface area contributed by atoms with Gasteiger partial charge in [0.15, 0.2) is 28.9 Å². The first-order valence-electron chi connectivity index (χ1n) is 12.1. The number of aliphatic hydroxyl groups excluding tert-OH is 2. The van der Waals surface area contributed by atoms with Crippen LogP contribution < -0.4 is 0 Å². The molecular formula is C28H26O8. The Morgan fingerprint density at radius 3 is 2.22 bits per heavy atom. The molecule has 36 heavy (non-hydrogen) atoms. The van der Waals surface area contributed by atoms with Crippen LogP contribution >= 0.6 is 0 Å². The van der Waals surface area contributed by atoms with Gasteiger partial charge in [0.25, 0.3) is 0 Å². The van der Waals surface area contributed by atoms with Crippen LogP contribution in [-0.2, 0) is 24.0 Å². The second kappa shape index (κ2) is 6.29. The van der Waals surface area contributed by atoms with E-state index in [-0.39, 0.29) is 16.7 Å². The lowest BCUT2D eigenvalue weighted by Crippen LogP contribution is -2.65. The van der Waals surface area contributed by atoms with Gasteiger partial charge in [0.1, 0.15) is 0 Å². The first kappa shape index (κ1) is 23.0. The third-order valence-corrected chi connectivity index (χ3v) is 10.3. The molecule has 0 heterocycles. The van der Waals surface area contributed by atoms with Crippen molar-refractivity contribution in [3.8, 4) is 0 Å². The summed E-state index contributed by atoms with van der Waals surface area (Å²) in [7, 11) is 0. The van der Waals surface area contributed by atoms with Crippen LogP contribution in [0.15, 0.2) is 58.6 Å². The summed E-state index contributed by atoms with van der Waals surface area (Å²) in [6.07, 6.45) is 7.40. The van der Waals surface area contributed by atoms with E-state index in [1.165, 1.54) is 26.0 Å². The summed E-state index contributed by atoms with van der Waals surface area (Å²) in [6, 6.07) is 0. The fourth-order valence-corrected chi connectivity index (χ4v) is 9.29. The molecule has 6 rings (SSSR count). The Balaban J connectivity index is 1.87. The highest BCUT2D eigenvalue weighted by molar-refractivity contribution is 6.31. The molecule has 6 aliphatic rings. The van der Waals surface area contributed by atoms with Crippen molar-refractivity contribution in [3.63, 3.8) is 0 Å². The molecule has 0 aromatic heterocycles. The Morgan fingerprint density at radius 2 is 1.58 bits per heavy atom. The van der Waals surface area contributed by atoms with Crippen LogP contribution in [0, 0.1) is 39.9 Å². The van der Waals surface area contributed by atoms with Gasteiger partial charge in [-0.25, -0.2) is 0 Å². The number of aliphatic hydroxyl groups is 3. The first-order chi connectivity index (χ1) is 16.8. The number of rotatable bonds is 2. The van der Waals surface area contributed by atoms with Crippen molar-refractivity contribution in [2.75, 3.05) is 0 Å². The summed E-state index contributed by atoms with van der Waals surface area (Å²) in [5.41, 5.74) is -8.57. The normalized spacial score (nSPS) is 47.0. The van der Waals surface area contributed by atoms with E-state index in [1.54, 1.807) is 32.1 Å². The summed E-state index contributed by atoms with van der Waals surface area (Å²) in [4.78, 5) is 70.3. The summed E-state index contributed by atoms with van der Waals surface area (Å²) in [5.74, 6) is -9.75. The highest BCUT2D eigenvalue weighted by Gasteiger charge is 2.96. The van der Waals surface area contributed by atoms with Crippen molar-refractivity contribution < 1.29 is 39.3 Å². The SMILES string of the molecule is C/C=C/C=C/[C@]1(O)C2[C@@H]3C(=O)C(C)=C(O)C(=O)[C@@]34CC(=O)C3=C[C@@H]1C(C)[C@@]21C(=O)C(O)=C(C)C(=O)[C@]314. The molecule has 3 N–H and O–H groups in total. The number of Topliss-reactive ketones (excluding diaryl/α,β-unsaturated/α-hetero) is 5. The number of ketones is 5. The van der Waals surface area contributed by atoms with Crippen molar-refractivity contribution >= 4 is 28.9 Å². The molecule has 0 saturated heterocycles. The third-order valence-electron chi connectivity index (χ3n) is 10.3. The largest absolute Gasteiger partial charge is 0.504 e. The van der Waals surface area contributed by atoms with Gasteiger partial charge in [-0.15, -0.1) is 0 Å². The molecule has 3 fully saturated rings. The monoisotopic (exact) mass is 490 g/mol. The van der Waals surface area contributed by atoms with E-state index in [9.17, 15) is 39.3 Å². The number of hydrogen-bond acceptors (Lipinski definition) is 8.